The largest absolute Gasteiger partial charge is 0.497 e. The van der Waals surface area contributed by atoms with Crippen molar-refractivity contribution in [2.45, 2.75) is 20.0 Å². The predicted molar refractivity (Wildman–Crippen MR) is 100 cm³/mol. The van der Waals surface area contributed by atoms with Crippen molar-refractivity contribution in [2.24, 2.45) is 0 Å². The second kappa shape index (κ2) is 8.40. The lowest BCUT2D eigenvalue weighted by molar-refractivity contribution is -0.147. The van der Waals surface area contributed by atoms with Gasteiger partial charge < -0.3 is 18.6 Å². The number of aryl methyl sites for hydroxylation is 1. The molecule has 0 spiro atoms. The molecule has 0 aliphatic heterocycles. The first-order chi connectivity index (χ1) is 13.1. The van der Waals surface area contributed by atoms with E-state index in [2.05, 4.69) is 6.92 Å². The summed E-state index contributed by atoms with van der Waals surface area (Å²) in [4.78, 5) is 23.7. The number of esters is 1. The number of fused-ring (bicyclic) bond motifs is 1. The van der Waals surface area contributed by atoms with Gasteiger partial charge in [-0.25, -0.2) is 9.59 Å². The molecule has 0 saturated carbocycles. The van der Waals surface area contributed by atoms with Crippen LogP contribution in [0.2, 0.25) is 0 Å². The lowest BCUT2D eigenvalue weighted by atomic mass is 10.1. The Kier molecular flexibility index (Phi) is 5.76. The van der Waals surface area contributed by atoms with Gasteiger partial charge in [-0.2, -0.15) is 0 Å². The molecular formula is C21H20O6. The number of benzene rings is 2. The number of carbonyl (C=O) groups is 1. The Balaban J connectivity index is 1.63. The van der Waals surface area contributed by atoms with E-state index in [1.54, 1.807) is 18.2 Å². The normalized spacial score (nSPS) is 10.6. The van der Waals surface area contributed by atoms with E-state index in [4.69, 9.17) is 18.6 Å². The molecule has 6 heteroatoms. The monoisotopic (exact) mass is 368 g/mol. The van der Waals surface area contributed by atoms with E-state index >= 15 is 0 Å². The SMILES string of the molecule is CCc1ccc(OCC(=O)OCc2cc(=O)oc3cc(OC)ccc23)cc1. The fourth-order valence-electron chi connectivity index (χ4n) is 2.62. The van der Waals surface area contributed by atoms with E-state index in [1.807, 2.05) is 24.3 Å². The molecule has 0 radical (unpaired) electrons. The summed E-state index contributed by atoms with van der Waals surface area (Å²) in [5, 5.41) is 0.680. The van der Waals surface area contributed by atoms with Crippen LogP contribution in [0.15, 0.2) is 57.7 Å². The topological polar surface area (TPSA) is 75.0 Å². The molecule has 0 bridgehead atoms. The molecule has 140 valence electrons. The van der Waals surface area contributed by atoms with Crippen molar-refractivity contribution >= 4 is 16.9 Å². The zero-order valence-corrected chi connectivity index (χ0v) is 15.2. The highest BCUT2D eigenvalue weighted by Crippen LogP contribution is 2.23. The smallest absolute Gasteiger partial charge is 0.344 e. The van der Waals surface area contributed by atoms with E-state index in [0.29, 0.717) is 28.0 Å². The third-order valence-corrected chi connectivity index (χ3v) is 4.11. The number of methoxy groups -OCH3 is 1. The maximum absolute atomic E-state index is 12.0. The summed E-state index contributed by atoms with van der Waals surface area (Å²) in [5.74, 6) is 0.647. The Morgan fingerprint density at radius 3 is 2.48 bits per heavy atom. The maximum Gasteiger partial charge on any atom is 0.344 e. The average molecular weight is 368 g/mol. The second-order valence-electron chi connectivity index (χ2n) is 5.90. The van der Waals surface area contributed by atoms with Crippen LogP contribution < -0.4 is 15.1 Å². The molecule has 3 rings (SSSR count). The molecule has 0 saturated heterocycles. The number of ether oxygens (including phenoxy) is 3. The van der Waals surface area contributed by atoms with E-state index in [-0.39, 0.29) is 13.2 Å². The van der Waals surface area contributed by atoms with Gasteiger partial charge in [-0.1, -0.05) is 19.1 Å². The van der Waals surface area contributed by atoms with E-state index in [1.165, 1.54) is 18.7 Å². The Hall–Kier alpha value is -3.28. The van der Waals surface area contributed by atoms with Gasteiger partial charge in [-0.05, 0) is 36.2 Å². The van der Waals surface area contributed by atoms with Gasteiger partial charge in [-0.3, -0.25) is 0 Å². The van der Waals surface area contributed by atoms with Gasteiger partial charge in [-0.15, -0.1) is 0 Å². The minimum Gasteiger partial charge on any atom is -0.497 e. The van der Waals surface area contributed by atoms with Gasteiger partial charge in [0.2, 0.25) is 0 Å². The van der Waals surface area contributed by atoms with Crippen LogP contribution in [0.4, 0.5) is 0 Å². The van der Waals surface area contributed by atoms with Gasteiger partial charge >= 0.3 is 11.6 Å². The van der Waals surface area contributed by atoms with Crippen LogP contribution >= 0.6 is 0 Å². The van der Waals surface area contributed by atoms with E-state index in [9.17, 15) is 9.59 Å². The van der Waals surface area contributed by atoms with Gasteiger partial charge in [0, 0.05) is 23.1 Å². The van der Waals surface area contributed by atoms with Gasteiger partial charge in [0.05, 0.1) is 7.11 Å². The fraction of sp³-hybridized carbons (Fsp3) is 0.238. The van der Waals surface area contributed by atoms with E-state index < -0.39 is 11.6 Å². The highest BCUT2D eigenvalue weighted by molar-refractivity contribution is 5.81. The Bertz CT molecular complexity index is 988. The summed E-state index contributed by atoms with van der Waals surface area (Å²) in [5.41, 5.74) is 1.61. The number of carbonyl (C=O) groups excluding carboxylic acids is 1. The second-order valence-corrected chi connectivity index (χ2v) is 5.90. The van der Waals surface area contributed by atoms with Crippen LogP contribution in [-0.4, -0.2) is 19.7 Å². The molecular weight excluding hydrogens is 348 g/mol. The van der Waals surface area contributed by atoms with Crippen LogP contribution in [-0.2, 0) is 22.6 Å². The fourth-order valence-corrected chi connectivity index (χ4v) is 2.62. The van der Waals surface area contributed by atoms with Crippen molar-refractivity contribution in [3.05, 3.63) is 70.1 Å². The first-order valence-corrected chi connectivity index (χ1v) is 8.57. The van der Waals surface area contributed by atoms with E-state index in [0.717, 1.165) is 6.42 Å². The summed E-state index contributed by atoms with van der Waals surface area (Å²) < 4.78 is 21.0. The molecule has 0 amide bonds. The van der Waals surface area contributed by atoms with Crippen LogP contribution in [0.3, 0.4) is 0 Å². The third kappa shape index (κ3) is 4.67. The first kappa shape index (κ1) is 18.5. The quantitative estimate of drug-likeness (QED) is 0.469. The summed E-state index contributed by atoms with van der Waals surface area (Å²) in [6.07, 6.45) is 0.938. The molecule has 1 aromatic heterocycles. The van der Waals surface area contributed by atoms with Crippen molar-refractivity contribution in [1.82, 2.24) is 0 Å². The molecule has 3 aromatic rings. The number of hydrogen-bond acceptors (Lipinski definition) is 6. The molecule has 0 unspecified atom stereocenters. The molecule has 6 nitrogen and oxygen atoms in total. The van der Waals surface area contributed by atoms with Crippen LogP contribution in [0.5, 0.6) is 11.5 Å². The van der Waals surface area contributed by atoms with Crippen molar-refractivity contribution in [1.29, 1.82) is 0 Å². The predicted octanol–water partition coefficient (Wildman–Crippen LogP) is 3.49. The molecule has 0 aliphatic carbocycles. The van der Waals surface area contributed by atoms with Crippen LogP contribution in [0.1, 0.15) is 18.1 Å². The number of hydrogen-bond donors (Lipinski definition) is 0. The van der Waals surface area contributed by atoms with Crippen LogP contribution in [0.25, 0.3) is 11.0 Å². The Labute approximate surface area is 156 Å². The Morgan fingerprint density at radius 2 is 1.78 bits per heavy atom. The molecule has 1 heterocycles. The first-order valence-electron chi connectivity index (χ1n) is 8.57. The van der Waals surface area contributed by atoms with Crippen LogP contribution in [0, 0.1) is 0 Å². The molecule has 0 fully saturated rings. The average Bonchev–Trinajstić information content (AvgIpc) is 2.70. The van der Waals surface area contributed by atoms with Gasteiger partial charge in [0.25, 0.3) is 0 Å². The summed E-state index contributed by atoms with van der Waals surface area (Å²) >= 11 is 0. The van der Waals surface area contributed by atoms with Crippen molar-refractivity contribution in [2.75, 3.05) is 13.7 Å². The minimum atomic E-state index is -0.524. The summed E-state index contributed by atoms with van der Waals surface area (Å²) in [6, 6.07) is 14.0. The molecule has 0 atom stereocenters. The molecule has 0 aliphatic rings. The van der Waals surface area contributed by atoms with Gasteiger partial charge in [0.1, 0.15) is 23.7 Å². The van der Waals surface area contributed by atoms with Crippen molar-refractivity contribution in [3.8, 4) is 11.5 Å². The molecule has 0 N–H and O–H groups in total. The molecule has 2 aromatic carbocycles. The standard InChI is InChI=1S/C21H20O6/c1-3-14-4-6-16(7-5-14)25-13-21(23)26-12-15-10-20(22)27-19-11-17(24-2)8-9-18(15)19/h4-11H,3,12-13H2,1-2H3. The molecule has 27 heavy (non-hydrogen) atoms. The van der Waals surface area contributed by atoms with Gasteiger partial charge in [0.15, 0.2) is 6.61 Å². The number of rotatable bonds is 7. The van der Waals surface area contributed by atoms with Crippen molar-refractivity contribution < 1.29 is 23.4 Å². The zero-order valence-electron chi connectivity index (χ0n) is 15.2. The summed E-state index contributed by atoms with van der Waals surface area (Å²) in [6.45, 7) is 1.81. The van der Waals surface area contributed by atoms with Crippen molar-refractivity contribution in [3.63, 3.8) is 0 Å². The zero-order chi connectivity index (χ0) is 19.2. The lowest BCUT2D eigenvalue weighted by Gasteiger charge is -2.09. The lowest BCUT2D eigenvalue weighted by Crippen LogP contribution is -2.15. The maximum atomic E-state index is 12.0. The third-order valence-electron chi connectivity index (χ3n) is 4.11. The highest BCUT2D eigenvalue weighted by Gasteiger charge is 2.10. The highest BCUT2D eigenvalue weighted by atomic mass is 16.6. The Morgan fingerprint density at radius 1 is 1.04 bits per heavy atom. The summed E-state index contributed by atoms with van der Waals surface area (Å²) in [7, 11) is 1.53. The minimum absolute atomic E-state index is 0.0502.